The lowest BCUT2D eigenvalue weighted by Crippen LogP contribution is -2.47. The van der Waals surface area contributed by atoms with Crippen LogP contribution in [0.5, 0.6) is 0 Å². The van der Waals surface area contributed by atoms with Crippen LogP contribution in [-0.2, 0) is 5.60 Å². The maximum atomic E-state index is 10.6. The van der Waals surface area contributed by atoms with E-state index in [0.717, 1.165) is 58.2 Å². The second-order valence-electron chi connectivity index (χ2n) is 7.89. The third-order valence-electron chi connectivity index (χ3n) is 5.38. The first-order chi connectivity index (χ1) is 14.6. The van der Waals surface area contributed by atoms with E-state index in [2.05, 4.69) is 55.8 Å². The van der Waals surface area contributed by atoms with Gasteiger partial charge in [-0.15, -0.1) is 0 Å². The summed E-state index contributed by atoms with van der Waals surface area (Å²) in [5.74, 6) is 1.25. The van der Waals surface area contributed by atoms with Gasteiger partial charge in [0.25, 0.3) is 0 Å². The lowest BCUT2D eigenvalue weighted by molar-refractivity contribution is 0.0437. The van der Waals surface area contributed by atoms with Crippen molar-refractivity contribution in [1.29, 1.82) is 0 Å². The molecule has 0 saturated carbocycles. The monoisotopic (exact) mass is 413 g/mol. The molecule has 1 atom stereocenters. The predicted molar refractivity (Wildman–Crippen MR) is 122 cm³/mol. The molecule has 1 unspecified atom stereocenters. The van der Waals surface area contributed by atoms with Crippen molar-refractivity contribution in [3.63, 3.8) is 0 Å². The summed E-state index contributed by atoms with van der Waals surface area (Å²) in [6.07, 6.45) is 2.61. The zero-order valence-corrected chi connectivity index (χ0v) is 18.2. The summed E-state index contributed by atoms with van der Waals surface area (Å²) in [6, 6.07) is 14.2. The van der Waals surface area contributed by atoms with Crippen LogP contribution in [0.1, 0.15) is 26.0 Å². The molecule has 3 N–H and O–H groups in total. The van der Waals surface area contributed by atoms with Crippen LogP contribution in [0.15, 0.2) is 58.1 Å². The highest BCUT2D eigenvalue weighted by Crippen LogP contribution is 2.21. The Hall–Kier alpha value is -2.51. The molecule has 1 fully saturated rings. The molecular weight excluding hydrogens is 378 g/mol. The Balaban J connectivity index is 1.38. The Bertz CT molecular complexity index is 753. The minimum absolute atomic E-state index is 0.233. The maximum Gasteiger partial charge on any atom is 0.191 e. The SMILES string of the molecule is CCNC(=NCC(C)(O)c1ccco1)NCCCN1CCN(c2ccccc2)CC1. The largest absolute Gasteiger partial charge is 0.466 e. The van der Waals surface area contributed by atoms with Crippen molar-refractivity contribution < 1.29 is 9.52 Å². The fraction of sp³-hybridized carbons (Fsp3) is 0.522. The highest BCUT2D eigenvalue weighted by atomic mass is 16.4. The molecule has 0 aliphatic carbocycles. The molecule has 1 aromatic carbocycles. The van der Waals surface area contributed by atoms with Crippen LogP contribution in [0.2, 0.25) is 0 Å². The predicted octanol–water partition coefficient (Wildman–Crippen LogP) is 2.25. The van der Waals surface area contributed by atoms with Gasteiger partial charge in [0, 0.05) is 45.0 Å². The van der Waals surface area contributed by atoms with Crippen molar-refractivity contribution >= 4 is 11.6 Å². The summed E-state index contributed by atoms with van der Waals surface area (Å²) < 4.78 is 5.32. The van der Waals surface area contributed by atoms with Gasteiger partial charge < -0.3 is 25.1 Å². The molecule has 2 aromatic rings. The van der Waals surface area contributed by atoms with E-state index in [1.807, 2.05) is 6.92 Å². The van der Waals surface area contributed by atoms with E-state index >= 15 is 0 Å². The quantitative estimate of drug-likeness (QED) is 0.333. The van der Waals surface area contributed by atoms with Crippen molar-refractivity contribution in [3.05, 3.63) is 54.5 Å². The third-order valence-corrected chi connectivity index (χ3v) is 5.38. The first-order valence-corrected chi connectivity index (χ1v) is 10.9. The van der Waals surface area contributed by atoms with E-state index in [-0.39, 0.29) is 6.54 Å². The molecule has 1 saturated heterocycles. The van der Waals surface area contributed by atoms with Crippen molar-refractivity contribution in [2.45, 2.75) is 25.9 Å². The Morgan fingerprint density at radius 2 is 1.87 bits per heavy atom. The maximum absolute atomic E-state index is 10.6. The number of hydrogen-bond acceptors (Lipinski definition) is 5. The van der Waals surface area contributed by atoms with E-state index in [4.69, 9.17) is 4.42 Å². The van der Waals surface area contributed by atoms with Crippen LogP contribution in [0.4, 0.5) is 5.69 Å². The van der Waals surface area contributed by atoms with Crippen LogP contribution < -0.4 is 15.5 Å². The number of nitrogens with one attached hydrogen (secondary N) is 2. The van der Waals surface area contributed by atoms with Gasteiger partial charge in [0.15, 0.2) is 5.96 Å². The zero-order valence-electron chi connectivity index (χ0n) is 18.2. The Kier molecular flexibility index (Phi) is 8.16. The number of hydrogen-bond donors (Lipinski definition) is 3. The van der Waals surface area contributed by atoms with Crippen molar-refractivity contribution in [2.75, 3.05) is 57.3 Å². The van der Waals surface area contributed by atoms with Crippen molar-refractivity contribution in [1.82, 2.24) is 15.5 Å². The summed E-state index contributed by atoms with van der Waals surface area (Å²) in [7, 11) is 0. The minimum Gasteiger partial charge on any atom is -0.466 e. The average Bonchev–Trinajstić information content (AvgIpc) is 3.32. The summed E-state index contributed by atoms with van der Waals surface area (Å²) in [6.45, 7) is 11.0. The highest BCUT2D eigenvalue weighted by molar-refractivity contribution is 5.79. The number of guanidine groups is 1. The van der Waals surface area contributed by atoms with Gasteiger partial charge in [-0.25, -0.2) is 4.99 Å². The van der Waals surface area contributed by atoms with Crippen LogP contribution in [0.25, 0.3) is 0 Å². The van der Waals surface area contributed by atoms with Crippen molar-refractivity contribution in [3.8, 4) is 0 Å². The number of aliphatic imine (C=N–C) groups is 1. The number of nitrogens with zero attached hydrogens (tertiary/aromatic N) is 3. The van der Waals surface area contributed by atoms with Crippen molar-refractivity contribution in [2.24, 2.45) is 4.99 Å². The molecule has 2 heterocycles. The highest BCUT2D eigenvalue weighted by Gasteiger charge is 2.26. The number of aliphatic hydroxyl groups is 1. The normalized spacial score (nSPS) is 17.6. The molecule has 1 aliphatic heterocycles. The first kappa shape index (κ1) is 22.2. The fourth-order valence-corrected chi connectivity index (χ4v) is 3.62. The molecule has 3 rings (SSSR count). The van der Waals surface area contributed by atoms with Gasteiger partial charge in [0.05, 0.1) is 12.8 Å². The zero-order chi connectivity index (χ0) is 21.2. The summed E-state index contributed by atoms with van der Waals surface area (Å²) in [5, 5.41) is 17.2. The first-order valence-electron chi connectivity index (χ1n) is 10.9. The second kappa shape index (κ2) is 11.0. The van der Waals surface area contributed by atoms with Crippen LogP contribution >= 0.6 is 0 Å². The number of furan rings is 1. The Labute approximate surface area is 179 Å². The molecule has 7 nitrogen and oxygen atoms in total. The number of benzene rings is 1. The van der Waals surface area contributed by atoms with Gasteiger partial charge in [-0.1, -0.05) is 18.2 Å². The molecule has 1 aliphatic rings. The van der Waals surface area contributed by atoms with Gasteiger partial charge in [-0.05, 0) is 51.1 Å². The van der Waals surface area contributed by atoms with Crippen LogP contribution in [0.3, 0.4) is 0 Å². The van der Waals surface area contributed by atoms with E-state index in [9.17, 15) is 5.11 Å². The molecule has 0 bridgehead atoms. The lowest BCUT2D eigenvalue weighted by atomic mass is 10.0. The number of para-hydroxylation sites is 1. The van der Waals surface area contributed by atoms with Crippen LogP contribution in [-0.4, -0.2) is 68.3 Å². The van der Waals surface area contributed by atoms with Gasteiger partial charge in [0.2, 0.25) is 0 Å². The molecular formula is C23H35N5O2. The van der Waals surface area contributed by atoms with E-state index in [1.165, 1.54) is 5.69 Å². The van der Waals surface area contributed by atoms with Gasteiger partial charge in [0.1, 0.15) is 11.4 Å². The fourth-order valence-electron chi connectivity index (χ4n) is 3.62. The van der Waals surface area contributed by atoms with Gasteiger partial charge in [-0.2, -0.15) is 0 Å². The molecule has 0 spiro atoms. The Morgan fingerprint density at radius 3 is 2.53 bits per heavy atom. The van der Waals surface area contributed by atoms with Gasteiger partial charge in [-0.3, -0.25) is 4.90 Å². The molecule has 164 valence electrons. The summed E-state index contributed by atoms with van der Waals surface area (Å²) >= 11 is 0. The molecule has 7 heteroatoms. The van der Waals surface area contributed by atoms with E-state index in [1.54, 1.807) is 25.3 Å². The van der Waals surface area contributed by atoms with E-state index in [0.29, 0.717) is 5.76 Å². The topological polar surface area (TPSA) is 76.3 Å². The average molecular weight is 414 g/mol. The second-order valence-corrected chi connectivity index (χ2v) is 7.89. The smallest absolute Gasteiger partial charge is 0.191 e. The minimum atomic E-state index is -1.12. The van der Waals surface area contributed by atoms with Gasteiger partial charge >= 0.3 is 0 Å². The van der Waals surface area contributed by atoms with Crippen LogP contribution in [0, 0.1) is 0 Å². The number of piperazine rings is 1. The van der Waals surface area contributed by atoms with E-state index < -0.39 is 5.60 Å². The number of anilines is 1. The molecule has 30 heavy (non-hydrogen) atoms. The third kappa shape index (κ3) is 6.50. The molecule has 0 amide bonds. The molecule has 1 aromatic heterocycles. The lowest BCUT2D eigenvalue weighted by Gasteiger charge is -2.36. The summed E-state index contributed by atoms with van der Waals surface area (Å²) in [4.78, 5) is 9.51. The standard InChI is InChI=1S/C23H35N5O2/c1-3-24-22(26-19-23(2,29)21-11-7-18-30-21)25-12-8-13-27-14-16-28(17-15-27)20-9-5-4-6-10-20/h4-7,9-11,18,29H,3,8,12-17,19H2,1-2H3,(H2,24,25,26). The number of rotatable bonds is 9. The molecule has 0 radical (unpaired) electrons. The Morgan fingerprint density at radius 1 is 1.10 bits per heavy atom. The summed E-state index contributed by atoms with van der Waals surface area (Å²) in [5.41, 5.74) is 0.195.